The maximum atomic E-state index is 12.1. The molecule has 1 fully saturated rings. The summed E-state index contributed by atoms with van der Waals surface area (Å²) in [5, 5.41) is 20.3. The quantitative estimate of drug-likeness (QED) is 0.442. The molecule has 3 aromatic heterocycles. The van der Waals surface area contributed by atoms with E-state index in [4.69, 9.17) is 11.6 Å². The highest BCUT2D eigenvalue weighted by atomic mass is 35.5. The van der Waals surface area contributed by atoms with Crippen molar-refractivity contribution in [3.05, 3.63) is 35.2 Å². The molecule has 0 saturated carbocycles. The Hall–Kier alpha value is -3.08. The van der Waals surface area contributed by atoms with Gasteiger partial charge in [0.2, 0.25) is 11.9 Å². The zero-order valence-corrected chi connectivity index (χ0v) is 18.8. The third-order valence-electron chi connectivity index (χ3n) is 4.92. The van der Waals surface area contributed by atoms with Gasteiger partial charge in [0.25, 0.3) is 0 Å². The predicted molar refractivity (Wildman–Crippen MR) is 124 cm³/mol. The Morgan fingerprint density at radius 3 is 2.66 bits per heavy atom. The molecule has 3 aromatic rings. The highest BCUT2D eigenvalue weighted by Gasteiger charge is 2.20. The minimum atomic E-state index is -0.831. The highest BCUT2D eigenvalue weighted by molar-refractivity contribution is 6.36. The molecule has 0 radical (unpaired) electrons. The van der Waals surface area contributed by atoms with E-state index in [0.29, 0.717) is 52.3 Å². The summed E-state index contributed by atoms with van der Waals surface area (Å²) in [5.41, 5.74) is 1.64. The molecular weight excluding hydrogens is 432 g/mol. The Bertz CT molecular complexity index is 1140. The van der Waals surface area contributed by atoms with Crippen LogP contribution in [0.25, 0.3) is 10.9 Å². The van der Waals surface area contributed by atoms with Gasteiger partial charge in [0.05, 0.1) is 35.2 Å². The van der Waals surface area contributed by atoms with E-state index in [1.165, 1.54) is 0 Å². The number of nitrogens with zero attached hydrogens (tertiary/aromatic N) is 5. The standard InChI is InChI=1S/C21H25ClN8O2/c1-11(2)26-20-19-14(17(22)18(28-20)12(3)31)9-25-21(29-19)27-15-5-4-13(8-24-15)30-7-6-23-10-16(30)32/h4-5,8-9,11-12,23,31H,6-7,10H2,1-3H3,(H,26,28)(H,24,25,27,29)/t12-/m1/s1. The monoisotopic (exact) mass is 456 g/mol. The van der Waals surface area contributed by atoms with Crippen LogP contribution in [0, 0.1) is 0 Å². The maximum absolute atomic E-state index is 12.1. The van der Waals surface area contributed by atoms with Gasteiger partial charge in [0.1, 0.15) is 11.3 Å². The summed E-state index contributed by atoms with van der Waals surface area (Å²) in [7, 11) is 0. The van der Waals surface area contributed by atoms with Gasteiger partial charge in [-0.3, -0.25) is 4.79 Å². The second kappa shape index (κ2) is 9.19. The number of aromatic nitrogens is 4. The van der Waals surface area contributed by atoms with Crippen LogP contribution in [0.4, 0.5) is 23.3 Å². The molecule has 1 atom stereocenters. The van der Waals surface area contributed by atoms with Crippen LogP contribution in [-0.4, -0.2) is 56.6 Å². The molecule has 4 heterocycles. The largest absolute Gasteiger partial charge is 0.387 e. The van der Waals surface area contributed by atoms with E-state index in [0.717, 1.165) is 12.2 Å². The average molecular weight is 457 g/mol. The highest BCUT2D eigenvalue weighted by Crippen LogP contribution is 2.33. The van der Waals surface area contributed by atoms with Gasteiger partial charge in [0.15, 0.2) is 5.82 Å². The molecule has 4 rings (SSSR count). The van der Waals surface area contributed by atoms with Crippen molar-refractivity contribution in [3.8, 4) is 0 Å². The van der Waals surface area contributed by atoms with E-state index in [9.17, 15) is 9.90 Å². The first kappa shape index (κ1) is 22.1. The van der Waals surface area contributed by atoms with Crippen molar-refractivity contribution in [3.63, 3.8) is 0 Å². The summed E-state index contributed by atoms with van der Waals surface area (Å²) in [6.45, 7) is 7.26. The van der Waals surface area contributed by atoms with Crippen LogP contribution in [-0.2, 0) is 4.79 Å². The lowest BCUT2D eigenvalue weighted by Gasteiger charge is -2.27. The fourth-order valence-electron chi connectivity index (χ4n) is 3.41. The Labute approximate surface area is 190 Å². The number of nitrogens with one attached hydrogen (secondary N) is 3. The summed E-state index contributed by atoms with van der Waals surface area (Å²) in [4.78, 5) is 31.6. The number of anilines is 4. The summed E-state index contributed by atoms with van der Waals surface area (Å²) in [6.07, 6.45) is 2.41. The van der Waals surface area contributed by atoms with E-state index >= 15 is 0 Å². The molecule has 1 aliphatic heterocycles. The van der Waals surface area contributed by atoms with Gasteiger partial charge in [-0.2, -0.15) is 0 Å². The zero-order chi connectivity index (χ0) is 22.8. The lowest BCUT2D eigenvalue weighted by atomic mass is 10.2. The average Bonchev–Trinajstić information content (AvgIpc) is 2.76. The number of piperazine rings is 1. The number of halogens is 1. The van der Waals surface area contributed by atoms with Crippen molar-refractivity contribution in [2.24, 2.45) is 0 Å². The van der Waals surface area contributed by atoms with Crippen LogP contribution < -0.4 is 20.9 Å². The normalized spacial score (nSPS) is 15.3. The molecule has 0 aliphatic carbocycles. The minimum absolute atomic E-state index is 0.0164. The Kier molecular flexibility index (Phi) is 6.35. The summed E-state index contributed by atoms with van der Waals surface area (Å²) < 4.78 is 0. The van der Waals surface area contributed by atoms with Crippen LogP contribution in [0.1, 0.15) is 32.6 Å². The van der Waals surface area contributed by atoms with E-state index in [-0.39, 0.29) is 11.9 Å². The first-order valence-electron chi connectivity index (χ1n) is 10.4. The molecule has 4 N–H and O–H groups in total. The van der Waals surface area contributed by atoms with E-state index < -0.39 is 6.10 Å². The number of hydrogen-bond acceptors (Lipinski definition) is 9. The van der Waals surface area contributed by atoms with E-state index in [2.05, 4.69) is 35.9 Å². The Morgan fingerprint density at radius 2 is 2.00 bits per heavy atom. The smallest absolute Gasteiger partial charge is 0.241 e. The first-order valence-corrected chi connectivity index (χ1v) is 10.8. The number of fused-ring (bicyclic) bond motifs is 1. The number of pyridine rings is 2. The molecular formula is C21H25ClN8O2. The number of rotatable bonds is 6. The molecule has 1 amide bonds. The van der Waals surface area contributed by atoms with Gasteiger partial charge in [-0.1, -0.05) is 11.6 Å². The van der Waals surface area contributed by atoms with Gasteiger partial charge >= 0.3 is 0 Å². The molecule has 32 heavy (non-hydrogen) atoms. The zero-order valence-electron chi connectivity index (χ0n) is 18.1. The summed E-state index contributed by atoms with van der Waals surface area (Å²) >= 11 is 6.46. The topological polar surface area (TPSA) is 128 Å². The van der Waals surface area contributed by atoms with Gasteiger partial charge in [0, 0.05) is 30.7 Å². The molecule has 0 aromatic carbocycles. The van der Waals surface area contributed by atoms with Gasteiger partial charge < -0.3 is 26.0 Å². The third kappa shape index (κ3) is 4.57. The van der Waals surface area contributed by atoms with Crippen molar-refractivity contribution in [2.45, 2.75) is 32.9 Å². The number of carbonyl (C=O) groups is 1. The van der Waals surface area contributed by atoms with Crippen molar-refractivity contribution in [1.29, 1.82) is 0 Å². The molecule has 10 nitrogen and oxygen atoms in total. The minimum Gasteiger partial charge on any atom is -0.387 e. The number of aliphatic hydroxyl groups excluding tert-OH is 1. The van der Waals surface area contributed by atoms with Crippen LogP contribution in [0.5, 0.6) is 0 Å². The van der Waals surface area contributed by atoms with Gasteiger partial charge in [-0.15, -0.1) is 0 Å². The second-order valence-corrected chi connectivity index (χ2v) is 8.22. The molecule has 1 saturated heterocycles. The van der Waals surface area contributed by atoms with Crippen LogP contribution in [0.2, 0.25) is 5.02 Å². The predicted octanol–water partition coefficient (Wildman–Crippen LogP) is 2.63. The Balaban J connectivity index is 1.63. The third-order valence-corrected chi connectivity index (χ3v) is 5.31. The van der Waals surface area contributed by atoms with E-state index in [1.54, 1.807) is 30.3 Å². The summed E-state index contributed by atoms with van der Waals surface area (Å²) in [5.74, 6) is 1.39. The lowest BCUT2D eigenvalue weighted by molar-refractivity contribution is -0.118. The van der Waals surface area contributed by atoms with Gasteiger partial charge in [-0.05, 0) is 32.9 Å². The van der Waals surface area contributed by atoms with Crippen LogP contribution in [0.15, 0.2) is 24.5 Å². The second-order valence-electron chi connectivity index (χ2n) is 7.84. The Morgan fingerprint density at radius 1 is 1.19 bits per heavy atom. The number of carbonyl (C=O) groups excluding carboxylic acids is 1. The lowest BCUT2D eigenvalue weighted by Crippen LogP contribution is -2.48. The number of aliphatic hydroxyl groups is 1. The number of hydrogen-bond donors (Lipinski definition) is 4. The summed E-state index contributed by atoms with van der Waals surface area (Å²) in [6, 6.07) is 3.70. The first-order chi connectivity index (χ1) is 15.3. The molecule has 1 aliphatic rings. The van der Waals surface area contributed by atoms with Crippen LogP contribution in [0.3, 0.4) is 0 Å². The van der Waals surface area contributed by atoms with Crippen molar-refractivity contribution in [2.75, 3.05) is 35.2 Å². The number of amides is 1. The van der Waals surface area contributed by atoms with Gasteiger partial charge in [-0.25, -0.2) is 19.9 Å². The van der Waals surface area contributed by atoms with E-state index in [1.807, 2.05) is 19.9 Å². The van der Waals surface area contributed by atoms with Crippen molar-refractivity contribution >= 4 is 51.7 Å². The molecule has 0 unspecified atom stereocenters. The molecule has 11 heteroatoms. The van der Waals surface area contributed by atoms with Crippen molar-refractivity contribution < 1.29 is 9.90 Å². The maximum Gasteiger partial charge on any atom is 0.241 e. The molecule has 168 valence electrons. The fourth-order valence-corrected chi connectivity index (χ4v) is 3.75. The molecule has 0 bridgehead atoms. The van der Waals surface area contributed by atoms with Crippen molar-refractivity contribution in [1.82, 2.24) is 25.3 Å². The fraction of sp³-hybridized carbons (Fsp3) is 0.381. The SMILES string of the molecule is CC(C)Nc1nc([C@@H](C)O)c(Cl)c2cnc(Nc3ccc(N4CCNCC4=O)cn3)nc12. The molecule has 0 spiro atoms. The van der Waals surface area contributed by atoms with Crippen LogP contribution >= 0.6 is 11.6 Å².